The van der Waals surface area contributed by atoms with Gasteiger partial charge in [-0.15, -0.1) is 0 Å². The Morgan fingerprint density at radius 2 is 2.22 bits per heavy atom. The summed E-state index contributed by atoms with van der Waals surface area (Å²) in [5.74, 6) is 0.982. The third-order valence-electron chi connectivity index (χ3n) is 4.42. The highest BCUT2D eigenvalue weighted by atomic mass is 15.2. The summed E-state index contributed by atoms with van der Waals surface area (Å²) in [5.41, 5.74) is 4.68. The van der Waals surface area contributed by atoms with Crippen molar-refractivity contribution in [1.29, 1.82) is 0 Å². The Bertz CT molecular complexity index is 423. The maximum atomic E-state index is 3.34. The highest BCUT2D eigenvalue weighted by Gasteiger charge is 2.28. The van der Waals surface area contributed by atoms with Crippen molar-refractivity contribution in [3.8, 4) is 0 Å². The topological polar surface area (TPSA) is 15.3 Å². The minimum absolute atomic E-state index is 0.564. The van der Waals surface area contributed by atoms with Gasteiger partial charge in [0.25, 0.3) is 0 Å². The summed E-state index contributed by atoms with van der Waals surface area (Å²) in [6.45, 7) is 4.78. The third-order valence-corrected chi connectivity index (χ3v) is 4.42. The molecule has 1 saturated carbocycles. The molecule has 18 heavy (non-hydrogen) atoms. The van der Waals surface area contributed by atoms with E-state index in [2.05, 4.69) is 35.3 Å². The van der Waals surface area contributed by atoms with Crippen LogP contribution in [0.5, 0.6) is 0 Å². The predicted molar refractivity (Wildman–Crippen MR) is 77.3 cm³/mol. The van der Waals surface area contributed by atoms with Crippen molar-refractivity contribution in [3.63, 3.8) is 0 Å². The van der Waals surface area contributed by atoms with Gasteiger partial charge in [-0.3, -0.25) is 0 Å². The van der Waals surface area contributed by atoms with E-state index in [4.69, 9.17) is 0 Å². The Morgan fingerprint density at radius 1 is 1.39 bits per heavy atom. The lowest BCUT2D eigenvalue weighted by molar-refractivity contribution is 0.606. The first-order valence-corrected chi connectivity index (χ1v) is 7.31. The minimum Gasteiger partial charge on any atom is -0.371 e. The zero-order chi connectivity index (χ0) is 12.5. The molecule has 98 valence electrons. The number of likely N-dealkylation sites (N-methyl/N-ethyl adjacent to an activating group) is 1. The second-order valence-electron chi connectivity index (χ2n) is 5.95. The van der Waals surface area contributed by atoms with Crippen molar-refractivity contribution >= 4 is 5.69 Å². The molecule has 1 aliphatic heterocycles. The highest BCUT2D eigenvalue weighted by molar-refractivity contribution is 5.61. The van der Waals surface area contributed by atoms with Gasteiger partial charge in [-0.2, -0.15) is 0 Å². The normalized spacial score (nSPS) is 20.0. The summed E-state index contributed by atoms with van der Waals surface area (Å²) in [5, 5.41) is 3.34. The standard InChI is InChI=1S/C16H24N2/c1-12(17-2)10-14-4-3-5-16-15(14)8-9-18(16)11-13-6-7-13/h3-5,12-13,17H,6-11H2,1-2H3. The molecule has 0 aromatic heterocycles. The van der Waals surface area contributed by atoms with Gasteiger partial charge in [0.05, 0.1) is 0 Å². The summed E-state index contributed by atoms with van der Waals surface area (Å²) in [6.07, 6.45) is 5.29. The lowest BCUT2D eigenvalue weighted by atomic mass is 9.99. The number of hydrogen-bond acceptors (Lipinski definition) is 2. The molecule has 2 nitrogen and oxygen atoms in total. The van der Waals surface area contributed by atoms with Gasteiger partial charge in [0, 0.05) is 24.8 Å². The number of benzene rings is 1. The van der Waals surface area contributed by atoms with E-state index in [0.29, 0.717) is 6.04 Å². The highest BCUT2D eigenvalue weighted by Crippen LogP contribution is 2.36. The van der Waals surface area contributed by atoms with Crippen LogP contribution >= 0.6 is 0 Å². The first-order valence-electron chi connectivity index (χ1n) is 7.31. The lowest BCUT2D eigenvalue weighted by Gasteiger charge is -2.20. The molecule has 0 saturated heterocycles. The van der Waals surface area contributed by atoms with Crippen LogP contribution in [0, 0.1) is 5.92 Å². The van der Waals surface area contributed by atoms with E-state index in [9.17, 15) is 0 Å². The van der Waals surface area contributed by atoms with Gasteiger partial charge in [0.2, 0.25) is 0 Å². The van der Waals surface area contributed by atoms with Gasteiger partial charge in [-0.1, -0.05) is 12.1 Å². The summed E-state index contributed by atoms with van der Waals surface area (Å²) in [4.78, 5) is 2.61. The van der Waals surface area contributed by atoms with Crippen LogP contribution in [0.25, 0.3) is 0 Å². The fourth-order valence-corrected chi connectivity index (χ4v) is 3.00. The molecule has 1 unspecified atom stereocenters. The zero-order valence-electron chi connectivity index (χ0n) is 11.6. The van der Waals surface area contributed by atoms with Crippen molar-refractivity contribution in [1.82, 2.24) is 5.32 Å². The lowest BCUT2D eigenvalue weighted by Crippen LogP contribution is -2.24. The number of nitrogens with one attached hydrogen (secondary N) is 1. The zero-order valence-corrected chi connectivity index (χ0v) is 11.6. The monoisotopic (exact) mass is 244 g/mol. The van der Waals surface area contributed by atoms with Crippen LogP contribution in [-0.2, 0) is 12.8 Å². The number of nitrogens with zero attached hydrogens (tertiary/aromatic N) is 1. The molecule has 1 fully saturated rings. The van der Waals surface area contributed by atoms with Crippen LogP contribution in [0.1, 0.15) is 30.9 Å². The van der Waals surface area contributed by atoms with E-state index < -0.39 is 0 Å². The summed E-state index contributed by atoms with van der Waals surface area (Å²) >= 11 is 0. The van der Waals surface area contributed by atoms with Gasteiger partial charge in [0.15, 0.2) is 0 Å². The molecule has 1 aliphatic carbocycles. The molecule has 3 rings (SSSR count). The quantitative estimate of drug-likeness (QED) is 0.856. The second-order valence-corrected chi connectivity index (χ2v) is 5.95. The number of rotatable bonds is 5. The molecule has 1 atom stereocenters. The van der Waals surface area contributed by atoms with Crippen molar-refractivity contribution in [2.45, 2.75) is 38.6 Å². The minimum atomic E-state index is 0.564. The van der Waals surface area contributed by atoms with Crippen LogP contribution in [0.4, 0.5) is 5.69 Å². The van der Waals surface area contributed by atoms with Crippen LogP contribution in [0.3, 0.4) is 0 Å². The number of hydrogen-bond donors (Lipinski definition) is 1. The van der Waals surface area contributed by atoms with Gasteiger partial charge in [-0.25, -0.2) is 0 Å². The summed E-state index contributed by atoms with van der Waals surface area (Å²) in [7, 11) is 2.05. The van der Waals surface area contributed by atoms with Gasteiger partial charge >= 0.3 is 0 Å². The average Bonchev–Trinajstić information content (AvgIpc) is 3.10. The molecule has 2 aliphatic rings. The smallest absolute Gasteiger partial charge is 0.0402 e. The van der Waals surface area contributed by atoms with Gasteiger partial charge in [-0.05, 0) is 62.8 Å². The van der Waals surface area contributed by atoms with Crippen LogP contribution in [0.15, 0.2) is 18.2 Å². The third kappa shape index (κ3) is 2.39. The molecule has 2 heteroatoms. The Kier molecular flexibility index (Phi) is 3.29. The molecule has 1 aromatic rings. The average molecular weight is 244 g/mol. The van der Waals surface area contributed by atoms with E-state index in [1.54, 1.807) is 11.1 Å². The van der Waals surface area contributed by atoms with Crippen LogP contribution in [-0.4, -0.2) is 26.2 Å². The Hall–Kier alpha value is -1.02. The van der Waals surface area contributed by atoms with E-state index in [-0.39, 0.29) is 0 Å². The molecule has 1 heterocycles. The Labute approximate surface area is 110 Å². The predicted octanol–water partition coefficient (Wildman–Crippen LogP) is 2.61. The van der Waals surface area contributed by atoms with Crippen molar-refractivity contribution in [2.75, 3.05) is 25.0 Å². The maximum Gasteiger partial charge on any atom is 0.0402 e. The first-order chi connectivity index (χ1) is 8.78. The number of fused-ring (bicyclic) bond motifs is 1. The van der Waals surface area contributed by atoms with E-state index in [1.165, 1.54) is 38.0 Å². The van der Waals surface area contributed by atoms with Crippen molar-refractivity contribution < 1.29 is 0 Å². The van der Waals surface area contributed by atoms with Gasteiger partial charge in [0.1, 0.15) is 0 Å². The Morgan fingerprint density at radius 3 is 2.94 bits per heavy atom. The second kappa shape index (κ2) is 4.93. The molecule has 1 N–H and O–H groups in total. The van der Waals surface area contributed by atoms with Crippen LogP contribution in [0.2, 0.25) is 0 Å². The van der Waals surface area contributed by atoms with Crippen LogP contribution < -0.4 is 10.2 Å². The molecule has 0 amide bonds. The molecule has 0 bridgehead atoms. The molecular formula is C16H24N2. The van der Waals surface area contributed by atoms with E-state index in [0.717, 1.165) is 12.3 Å². The summed E-state index contributed by atoms with van der Waals surface area (Å²) in [6, 6.07) is 7.43. The molecular weight excluding hydrogens is 220 g/mol. The van der Waals surface area contributed by atoms with E-state index >= 15 is 0 Å². The molecule has 0 radical (unpaired) electrons. The number of anilines is 1. The fourth-order valence-electron chi connectivity index (χ4n) is 3.00. The Balaban J connectivity index is 1.79. The van der Waals surface area contributed by atoms with Gasteiger partial charge < -0.3 is 10.2 Å². The molecule has 1 aromatic carbocycles. The fraction of sp³-hybridized carbons (Fsp3) is 0.625. The summed E-state index contributed by atoms with van der Waals surface area (Å²) < 4.78 is 0. The van der Waals surface area contributed by atoms with Crippen molar-refractivity contribution in [2.24, 2.45) is 5.92 Å². The van der Waals surface area contributed by atoms with Crippen molar-refractivity contribution in [3.05, 3.63) is 29.3 Å². The van der Waals surface area contributed by atoms with E-state index in [1.807, 2.05) is 7.05 Å². The first kappa shape index (κ1) is 12.0. The SMILES string of the molecule is CNC(C)Cc1cccc2c1CCN2CC1CC1. The maximum absolute atomic E-state index is 3.34. The molecule has 0 spiro atoms. The largest absolute Gasteiger partial charge is 0.371 e.